The van der Waals surface area contributed by atoms with E-state index in [1.54, 1.807) is 6.20 Å². The molecule has 1 aromatic rings. The highest BCUT2D eigenvalue weighted by molar-refractivity contribution is 5.78. The maximum Gasteiger partial charge on any atom is 0.155 e. The molecule has 0 aliphatic carbocycles. The molecule has 0 fully saturated rings. The third-order valence-corrected chi connectivity index (χ3v) is 1.68. The van der Waals surface area contributed by atoms with Gasteiger partial charge in [0, 0.05) is 19.4 Å². The van der Waals surface area contributed by atoms with Crippen LogP contribution in [-0.2, 0) is 17.9 Å². The van der Waals surface area contributed by atoms with Gasteiger partial charge in [0.15, 0.2) is 5.78 Å². The lowest BCUT2D eigenvalue weighted by Gasteiger charge is -1.96. The molecule has 74 valence electrons. The number of ketones is 1. The van der Waals surface area contributed by atoms with Crippen LogP contribution in [0, 0.1) is 12.3 Å². The van der Waals surface area contributed by atoms with Crippen LogP contribution in [0.25, 0.3) is 0 Å². The zero-order chi connectivity index (χ0) is 10.4. The Morgan fingerprint density at radius 3 is 3.07 bits per heavy atom. The first-order valence-electron chi connectivity index (χ1n) is 4.30. The first-order chi connectivity index (χ1) is 6.76. The molecule has 0 unspecified atom stereocenters. The van der Waals surface area contributed by atoms with Crippen molar-refractivity contribution in [2.24, 2.45) is 5.73 Å². The number of carbonyl (C=O) groups is 1. The molecule has 1 rings (SSSR count). The van der Waals surface area contributed by atoms with Gasteiger partial charge in [-0.2, -0.15) is 0 Å². The Balaban J connectivity index is 2.44. The molecule has 0 amide bonds. The summed E-state index contributed by atoms with van der Waals surface area (Å²) in [5.41, 5.74) is 6.02. The summed E-state index contributed by atoms with van der Waals surface area (Å²) < 4.78 is 1.47. The van der Waals surface area contributed by atoms with Gasteiger partial charge in [-0.3, -0.25) is 4.79 Å². The molecule has 0 aromatic carbocycles. The van der Waals surface area contributed by atoms with Crippen molar-refractivity contribution in [2.45, 2.75) is 25.9 Å². The van der Waals surface area contributed by atoms with Crippen LogP contribution >= 0.6 is 0 Å². The number of rotatable bonds is 5. The second-order valence-corrected chi connectivity index (χ2v) is 2.85. The van der Waals surface area contributed by atoms with Gasteiger partial charge < -0.3 is 5.73 Å². The Morgan fingerprint density at radius 2 is 2.50 bits per heavy atom. The highest BCUT2D eigenvalue weighted by Gasteiger charge is 2.04. The highest BCUT2D eigenvalue weighted by Crippen LogP contribution is 1.95. The number of terminal acetylenes is 1. The molecule has 0 radical (unpaired) electrons. The monoisotopic (exact) mass is 192 g/mol. The van der Waals surface area contributed by atoms with Crippen LogP contribution in [0.4, 0.5) is 0 Å². The molecule has 5 nitrogen and oxygen atoms in total. The first-order valence-corrected chi connectivity index (χ1v) is 4.30. The Morgan fingerprint density at radius 1 is 1.71 bits per heavy atom. The van der Waals surface area contributed by atoms with Gasteiger partial charge in [0.2, 0.25) is 0 Å². The Kier molecular flexibility index (Phi) is 3.83. The highest BCUT2D eigenvalue weighted by atomic mass is 16.1. The lowest BCUT2D eigenvalue weighted by molar-refractivity contribution is -0.119. The molecule has 0 saturated carbocycles. The molecule has 14 heavy (non-hydrogen) atoms. The van der Waals surface area contributed by atoms with E-state index in [0.717, 1.165) is 0 Å². The summed E-state index contributed by atoms with van der Waals surface area (Å²) in [7, 11) is 0. The van der Waals surface area contributed by atoms with Gasteiger partial charge in [-0.25, -0.2) is 4.68 Å². The van der Waals surface area contributed by atoms with Crippen LogP contribution in [0.15, 0.2) is 6.20 Å². The minimum atomic E-state index is 0.0522. The number of Topliss-reactive ketones (excluding diaryl/α,β-unsaturated/α-hetero) is 1. The minimum Gasteiger partial charge on any atom is -0.325 e. The molecule has 0 atom stereocenters. The molecule has 0 bridgehead atoms. The SMILES string of the molecule is C#CCCC(=O)Cn1cc(CN)nn1. The summed E-state index contributed by atoms with van der Waals surface area (Å²) in [6.45, 7) is 0.549. The minimum absolute atomic E-state index is 0.0522. The van der Waals surface area contributed by atoms with Crippen molar-refractivity contribution in [2.75, 3.05) is 0 Å². The maximum absolute atomic E-state index is 11.3. The normalized spacial score (nSPS) is 9.71. The molecular weight excluding hydrogens is 180 g/mol. The maximum atomic E-state index is 11.3. The summed E-state index contributed by atoms with van der Waals surface area (Å²) in [6, 6.07) is 0. The number of hydrogen-bond acceptors (Lipinski definition) is 4. The van der Waals surface area contributed by atoms with Gasteiger partial charge in [-0.1, -0.05) is 5.21 Å². The van der Waals surface area contributed by atoms with E-state index in [2.05, 4.69) is 16.2 Å². The predicted octanol–water partition coefficient (Wildman–Crippen LogP) is -0.281. The van der Waals surface area contributed by atoms with Crippen LogP contribution in [0.1, 0.15) is 18.5 Å². The van der Waals surface area contributed by atoms with Crippen LogP contribution in [-0.4, -0.2) is 20.8 Å². The molecular formula is C9H12N4O. The second-order valence-electron chi connectivity index (χ2n) is 2.85. The average Bonchev–Trinajstić information content (AvgIpc) is 2.62. The third kappa shape index (κ3) is 2.99. The number of nitrogens with zero attached hydrogens (tertiary/aromatic N) is 3. The van der Waals surface area contributed by atoms with E-state index in [-0.39, 0.29) is 12.3 Å². The van der Waals surface area contributed by atoms with E-state index in [4.69, 9.17) is 12.2 Å². The molecule has 0 aliphatic rings. The fraction of sp³-hybridized carbons (Fsp3) is 0.444. The number of hydrogen-bond donors (Lipinski definition) is 1. The van der Waals surface area contributed by atoms with E-state index in [9.17, 15) is 4.79 Å². The molecule has 0 aliphatic heterocycles. The van der Waals surface area contributed by atoms with Gasteiger partial charge in [0.05, 0.1) is 11.9 Å². The lowest BCUT2D eigenvalue weighted by atomic mass is 10.2. The first kappa shape index (κ1) is 10.4. The standard InChI is InChI=1S/C9H12N4O/c1-2-3-4-9(14)7-13-6-8(5-10)11-12-13/h1,6H,3-5,7,10H2. The zero-order valence-corrected chi connectivity index (χ0v) is 7.81. The van der Waals surface area contributed by atoms with Crippen molar-refractivity contribution in [1.29, 1.82) is 0 Å². The van der Waals surface area contributed by atoms with E-state index in [0.29, 0.717) is 25.1 Å². The summed E-state index contributed by atoms with van der Waals surface area (Å²) in [6.07, 6.45) is 7.56. The third-order valence-electron chi connectivity index (χ3n) is 1.68. The van der Waals surface area contributed by atoms with Crippen molar-refractivity contribution in [3.8, 4) is 12.3 Å². The van der Waals surface area contributed by atoms with Crippen molar-refractivity contribution in [3.05, 3.63) is 11.9 Å². The van der Waals surface area contributed by atoms with Crippen LogP contribution in [0.5, 0.6) is 0 Å². The summed E-state index contributed by atoms with van der Waals surface area (Å²) in [5.74, 6) is 2.47. The van der Waals surface area contributed by atoms with Gasteiger partial charge in [-0.05, 0) is 0 Å². The topological polar surface area (TPSA) is 73.8 Å². The second kappa shape index (κ2) is 5.14. The molecule has 1 heterocycles. The van der Waals surface area contributed by atoms with Crippen molar-refractivity contribution < 1.29 is 4.79 Å². The molecule has 0 saturated heterocycles. The Labute approximate surface area is 82.3 Å². The van der Waals surface area contributed by atoms with Crippen molar-refractivity contribution in [3.63, 3.8) is 0 Å². The van der Waals surface area contributed by atoms with E-state index in [1.165, 1.54) is 4.68 Å². The Bertz CT molecular complexity index is 350. The average molecular weight is 192 g/mol. The van der Waals surface area contributed by atoms with Crippen LogP contribution in [0.2, 0.25) is 0 Å². The largest absolute Gasteiger partial charge is 0.325 e. The Hall–Kier alpha value is -1.67. The van der Waals surface area contributed by atoms with Crippen molar-refractivity contribution in [1.82, 2.24) is 15.0 Å². The van der Waals surface area contributed by atoms with Crippen molar-refractivity contribution >= 4 is 5.78 Å². The number of carbonyl (C=O) groups excluding carboxylic acids is 1. The lowest BCUT2D eigenvalue weighted by Crippen LogP contribution is -2.10. The van der Waals surface area contributed by atoms with E-state index in [1.807, 2.05) is 0 Å². The van der Waals surface area contributed by atoms with E-state index < -0.39 is 0 Å². The number of nitrogens with two attached hydrogens (primary N) is 1. The zero-order valence-electron chi connectivity index (χ0n) is 7.81. The summed E-state index contributed by atoms with van der Waals surface area (Å²) >= 11 is 0. The molecule has 1 aromatic heterocycles. The quantitative estimate of drug-likeness (QED) is 0.651. The van der Waals surface area contributed by atoms with Gasteiger partial charge in [-0.15, -0.1) is 17.4 Å². The van der Waals surface area contributed by atoms with Gasteiger partial charge in [0.25, 0.3) is 0 Å². The van der Waals surface area contributed by atoms with Gasteiger partial charge in [0.1, 0.15) is 6.54 Å². The molecule has 2 N–H and O–H groups in total. The smallest absolute Gasteiger partial charge is 0.155 e. The fourth-order valence-electron chi connectivity index (χ4n) is 0.981. The molecule has 5 heteroatoms. The summed E-state index contributed by atoms with van der Waals surface area (Å²) in [5, 5.41) is 7.51. The van der Waals surface area contributed by atoms with Gasteiger partial charge >= 0.3 is 0 Å². The van der Waals surface area contributed by atoms with Crippen LogP contribution in [0.3, 0.4) is 0 Å². The molecule has 0 spiro atoms. The van der Waals surface area contributed by atoms with E-state index >= 15 is 0 Å². The number of aromatic nitrogens is 3. The summed E-state index contributed by atoms with van der Waals surface area (Å²) in [4.78, 5) is 11.3. The fourth-order valence-corrected chi connectivity index (χ4v) is 0.981. The van der Waals surface area contributed by atoms with Crippen LogP contribution < -0.4 is 5.73 Å². The predicted molar refractivity (Wildman–Crippen MR) is 51.0 cm³/mol.